The number of carbonyl (C=O) groups excluding carboxylic acids is 2. The molecule has 0 fully saturated rings. The summed E-state index contributed by atoms with van der Waals surface area (Å²) in [6, 6.07) is 14.3. The molecule has 7 nitrogen and oxygen atoms in total. The third-order valence-corrected chi connectivity index (χ3v) is 5.87. The molecule has 0 aliphatic heterocycles. The van der Waals surface area contributed by atoms with Crippen molar-refractivity contribution < 1.29 is 9.59 Å². The maximum atomic E-state index is 12.7. The Morgan fingerprint density at radius 3 is 2.34 bits per heavy atom. The zero-order valence-corrected chi connectivity index (χ0v) is 17.4. The first kappa shape index (κ1) is 20.6. The van der Waals surface area contributed by atoms with Gasteiger partial charge in [-0.3, -0.25) is 9.59 Å². The molecule has 0 saturated heterocycles. The summed E-state index contributed by atoms with van der Waals surface area (Å²) in [5.41, 5.74) is 8.60. The number of carbonyl (C=O) groups is 2. The van der Waals surface area contributed by atoms with Crippen LogP contribution in [-0.2, 0) is 11.8 Å². The van der Waals surface area contributed by atoms with Crippen molar-refractivity contribution in [2.75, 3.05) is 11.1 Å². The Labute approximate surface area is 173 Å². The minimum atomic E-state index is -0.329. The molecule has 8 heteroatoms. The Balaban J connectivity index is 1.71. The number of nitrogen functional groups attached to an aromatic ring is 1. The van der Waals surface area contributed by atoms with Gasteiger partial charge in [0.15, 0.2) is 16.8 Å². The molecule has 0 unspecified atom stereocenters. The largest absolute Gasteiger partial charge is 0.399 e. The SMILES string of the molecule is CC[C@H](Sc1nnc(-c2ccc(N)cc2)n1C)C(=O)Nc1ccc(C(C)=O)cc1. The third kappa shape index (κ3) is 4.83. The molecule has 0 aliphatic carbocycles. The number of nitrogens with zero attached hydrogens (tertiary/aromatic N) is 3. The van der Waals surface area contributed by atoms with E-state index in [0.29, 0.717) is 34.3 Å². The third-order valence-electron chi connectivity index (χ3n) is 4.47. The van der Waals surface area contributed by atoms with Gasteiger partial charge in [0, 0.05) is 29.5 Å². The molecule has 2 aromatic carbocycles. The van der Waals surface area contributed by atoms with Crippen LogP contribution in [0.1, 0.15) is 30.6 Å². The Morgan fingerprint density at radius 2 is 1.76 bits per heavy atom. The van der Waals surface area contributed by atoms with E-state index in [4.69, 9.17) is 5.73 Å². The lowest BCUT2D eigenvalue weighted by molar-refractivity contribution is -0.115. The normalized spacial score (nSPS) is 11.8. The average Bonchev–Trinajstić information content (AvgIpc) is 3.07. The molecule has 150 valence electrons. The van der Waals surface area contributed by atoms with Crippen molar-refractivity contribution in [1.29, 1.82) is 0 Å². The van der Waals surface area contributed by atoms with Crippen molar-refractivity contribution >= 4 is 34.8 Å². The highest BCUT2D eigenvalue weighted by atomic mass is 32.2. The molecule has 29 heavy (non-hydrogen) atoms. The molecule has 3 aromatic rings. The standard InChI is InChI=1S/C21H23N5O2S/c1-4-18(20(28)23-17-11-7-14(8-12-17)13(2)27)29-21-25-24-19(26(21)3)15-5-9-16(22)10-6-15/h5-12,18H,4,22H2,1-3H3,(H,23,28)/t18-/m0/s1. The van der Waals surface area contributed by atoms with Crippen LogP contribution in [0, 0.1) is 0 Å². The summed E-state index contributed by atoms with van der Waals surface area (Å²) in [6.45, 7) is 3.46. The van der Waals surface area contributed by atoms with Gasteiger partial charge in [0.1, 0.15) is 0 Å². The quantitative estimate of drug-likeness (QED) is 0.350. The molecule has 1 amide bonds. The molecule has 0 bridgehead atoms. The number of hydrogen-bond acceptors (Lipinski definition) is 6. The zero-order chi connectivity index (χ0) is 21.0. The van der Waals surface area contributed by atoms with Crippen LogP contribution in [0.2, 0.25) is 0 Å². The lowest BCUT2D eigenvalue weighted by Crippen LogP contribution is -2.25. The topological polar surface area (TPSA) is 103 Å². The summed E-state index contributed by atoms with van der Waals surface area (Å²) in [5, 5.41) is 11.7. The number of Topliss-reactive ketones (excluding diaryl/α,β-unsaturated/α-hetero) is 1. The first-order chi connectivity index (χ1) is 13.9. The van der Waals surface area contributed by atoms with Gasteiger partial charge in [-0.05, 0) is 61.9 Å². The van der Waals surface area contributed by atoms with Crippen molar-refractivity contribution in [3.63, 3.8) is 0 Å². The highest BCUT2D eigenvalue weighted by Crippen LogP contribution is 2.28. The number of aromatic nitrogens is 3. The van der Waals surface area contributed by atoms with E-state index in [0.717, 1.165) is 5.56 Å². The van der Waals surface area contributed by atoms with Gasteiger partial charge in [-0.25, -0.2) is 0 Å². The number of hydrogen-bond donors (Lipinski definition) is 2. The Kier molecular flexibility index (Phi) is 6.33. The minimum Gasteiger partial charge on any atom is -0.399 e. The Hall–Kier alpha value is -3.13. The van der Waals surface area contributed by atoms with Gasteiger partial charge in [0.05, 0.1) is 5.25 Å². The zero-order valence-electron chi connectivity index (χ0n) is 16.5. The number of nitrogens with one attached hydrogen (secondary N) is 1. The molecule has 1 aromatic heterocycles. The molecule has 0 saturated carbocycles. The molecule has 3 rings (SSSR count). The molecular formula is C21H23N5O2S. The van der Waals surface area contributed by atoms with Crippen LogP contribution in [0.15, 0.2) is 53.7 Å². The fraction of sp³-hybridized carbons (Fsp3) is 0.238. The predicted octanol–water partition coefficient (Wildman–Crippen LogP) is 3.78. The fourth-order valence-electron chi connectivity index (χ4n) is 2.76. The van der Waals surface area contributed by atoms with E-state index in [1.54, 1.807) is 24.3 Å². The van der Waals surface area contributed by atoms with E-state index < -0.39 is 0 Å². The number of anilines is 2. The van der Waals surface area contributed by atoms with Crippen LogP contribution in [0.5, 0.6) is 0 Å². The molecule has 0 spiro atoms. The second-order valence-corrected chi connectivity index (χ2v) is 7.79. The van der Waals surface area contributed by atoms with Gasteiger partial charge < -0.3 is 15.6 Å². The first-order valence-corrected chi connectivity index (χ1v) is 10.1. The maximum absolute atomic E-state index is 12.7. The van der Waals surface area contributed by atoms with Crippen molar-refractivity contribution in [3.8, 4) is 11.4 Å². The summed E-state index contributed by atoms with van der Waals surface area (Å²) < 4.78 is 1.87. The van der Waals surface area contributed by atoms with E-state index in [1.165, 1.54) is 18.7 Å². The van der Waals surface area contributed by atoms with Crippen LogP contribution in [-0.4, -0.2) is 31.7 Å². The van der Waals surface area contributed by atoms with Crippen LogP contribution >= 0.6 is 11.8 Å². The number of ketones is 1. The molecule has 1 heterocycles. The van der Waals surface area contributed by atoms with Crippen LogP contribution in [0.3, 0.4) is 0 Å². The molecule has 3 N–H and O–H groups in total. The molecule has 1 atom stereocenters. The predicted molar refractivity (Wildman–Crippen MR) is 116 cm³/mol. The van der Waals surface area contributed by atoms with Crippen LogP contribution in [0.25, 0.3) is 11.4 Å². The highest BCUT2D eigenvalue weighted by molar-refractivity contribution is 8.00. The van der Waals surface area contributed by atoms with Gasteiger partial charge in [-0.15, -0.1) is 10.2 Å². The second-order valence-electron chi connectivity index (χ2n) is 6.62. The summed E-state index contributed by atoms with van der Waals surface area (Å²) in [6.07, 6.45) is 0.631. The summed E-state index contributed by atoms with van der Waals surface area (Å²) in [5.74, 6) is 0.580. The summed E-state index contributed by atoms with van der Waals surface area (Å²) in [4.78, 5) is 24.1. The number of nitrogens with two attached hydrogens (primary N) is 1. The molecular weight excluding hydrogens is 386 g/mol. The number of thioether (sulfide) groups is 1. The van der Waals surface area contributed by atoms with Gasteiger partial charge in [-0.1, -0.05) is 18.7 Å². The summed E-state index contributed by atoms with van der Waals surface area (Å²) in [7, 11) is 1.87. The minimum absolute atomic E-state index is 0.0101. The van der Waals surface area contributed by atoms with Crippen LogP contribution < -0.4 is 11.1 Å². The van der Waals surface area contributed by atoms with Crippen molar-refractivity contribution in [2.24, 2.45) is 7.05 Å². The Bertz CT molecular complexity index is 1010. The lowest BCUT2D eigenvalue weighted by Gasteiger charge is -2.14. The van der Waals surface area contributed by atoms with E-state index in [1.807, 2.05) is 42.8 Å². The molecule has 0 aliphatic rings. The van der Waals surface area contributed by atoms with E-state index >= 15 is 0 Å². The van der Waals surface area contributed by atoms with E-state index in [9.17, 15) is 9.59 Å². The monoisotopic (exact) mass is 409 g/mol. The van der Waals surface area contributed by atoms with Crippen molar-refractivity contribution in [1.82, 2.24) is 14.8 Å². The number of rotatable bonds is 7. The number of amides is 1. The molecule has 0 radical (unpaired) electrons. The second kappa shape index (κ2) is 8.91. The number of benzene rings is 2. The van der Waals surface area contributed by atoms with E-state index in [2.05, 4.69) is 15.5 Å². The van der Waals surface area contributed by atoms with Gasteiger partial charge >= 0.3 is 0 Å². The first-order valence-electron chi connectivity index (χ1n) is 9.23. The van der Waals surface area contributed by atoms with Gasteiger partial charge in [0.25, 0.3) is 0 Å². The lowest BCUT2D eigenvalue weighted by atomic mass is 10.1. The Morgan fingerprint density at radius 1 is 1.10 bits per heavy atom. The maximum Gasteiger partial charge on any atom is 0.237 e. The van der Waals surface area contributed by atoms with Crippen molar-refractivity contribution in [3.05, 3.63) is 54.1 Å². The summed E-state index contributed by atoms with van der Waals surface area (Å²) >= 11 is 1.37. The fourth-order valence-corrected chi connectivity index (χ4v) is 3.68. The van der Waals surface area contributed by atoms with E-state index in [-0.39, 0.29) is 16.9 Å². The highest BCUT2D eigenvalue weighted by Gasteiger charge is 2.22. The van der Waals surface area contributed by atoms with Crippen molar-refractivity contribution in [2.45, 2.75) is 30.7 Å². The van der Waals surface area contributed by atoms with Crippen LogP contribution in [0.4, 0.5) is 11.4 Å². The van der Waals surface area contributed by atoms with Gasteiger partial charge in [-0.2, -0.15) is 0 Å². The van der Waals surface area contributed by atoms with Gasteiger partial charge in [0.2, 0.25) is 5.91 Å². The average molecular weight is 410 g/mol. The smallest absolute Gasteiger partial charge is 0.237 e.